The zero-order valence-corrected chi connectivity index (χ0v) is 11.6. The van der Waals surface area contributed by atoms with Crippen LogP contribution in [0.3, 0.4) is 0 Å². The average Bonchev–Trinajstić information content (AvgIpc) is 2.87. The van der Waals surface area contributed by atoms with Gasteiger partial charge >= 0.3 is 0 Å². The molecular formula is C12H14ClN5O2. The molecule has 0 saturated heterocycles. The molecule has 0 aliphatic carbocycles. The van der Waals surface area contributed by atoms with Crippen LogP contribution in [0.25, 0.3) is 11.4 Å². The first kappa shape index (κ1) is 14.4. The lowest BCUT2D eigenvalue weighted by molar-refractivity contribution is -0.122. The van der Waals surface area contributed by atoms with Crippen molar-refractivity contribution in [2.45, 2.75) is 19.5 Å². The van der Waals surface area contributed by atoms with Gasteiger partial charge in [-0.2, -0.15) is 4.80 Å². The van der Waals surface area contributed by atoms with Crippen molar-refractivity contribution in [1.29, 1.82) is 0 Å². The van der Waals surface area contributed by atoms with Crippen LogP contribution in [0.1, 0.15) is 6.92 Å². The molecule has 2 aromatic rings. The molecule has 1 amide bonds. The van der Waals surface area contributed by atoms with Crippen LogP contribution in [-0.4, -0.2) is 43.9 Å². The SMILES string of the molecule is CC(CO)NC(=O)Cn1nnc(-c2ccc(Cl)cc2)n1. The maximum Gasteiger partial charge on any atom is 0.243 e. The summed E-state index contributed by atoms with van der Waals surface area (Å²) in [6.07, 6.45) is 0. The summed E-state index contributed by atoms with van der Waals surface area (Å²) < 4.78 is 0. The Balaban J connectivity index is 2.02. The van der Waals surface area contributed by atoms with E-state index in [1.165, 1.54) is 4.80 Å². The number of amides is 1. The van der Waals surface area contributed by atoms with E-state index in [2.05, 4.69) is 20.7 Å². The van der Waals surface area contributed by atoms with E-state index < -0.39 is 0 Å². The van der Waals surface area contributed by atoms with E-state index in [9.17, 15) is 4.79 Å². The second kappa shape index (κ2) is 6.44. The molecular weight excluding hydrogens is 282 g/mol. The summed E-state index contributed by atoms with van der Waals surface area (Å²) >= 11 is 5.80. The second-order valence-corrected chi connectivity index (χ2v) is 4.74. The quantitative estimate of drug-likeness (QED) is 0.837. The first-order chi connectivity index (χ1) is 9.58. The topological polar surface area (TPSA) is 92.9 Å². The fraction of sp³-hybridized carbons (Fsp3) is 0.333. The van der Waals surface area contributed by atoms with Gasteiger partial charge in [0.05, 0.1) is 6.61 Å². The lowest BCUT2D eigenvalue weighted by Gasteiger charge is -2.09. The molecule has 106 valence electrons. The molecule has 20 heavy (non-hydrogen) atoms. The molecule has 0 spiro atoms. The van der Waals surface area contributed by atoms with E-state index in [4.69, 9.17) is 16.7 Å². The number of aliphatic hydroxyl groups excluding tert-OH is 1. The number of benzene rings is 1. The monoisotopic (exact) mass is 295 g/mol. The number of hydrogen-bond donors (Lipinski definition) is 2. The highest BCUT2D eigenvalue weighted by Gasteiger charge is 2.10. The molecule has 0 bridgehead atoms. The van der Waals surface area contributed by atoms with E-state index in [1.54, 1.807) is 31.2 Å². The Kier molecular flexibility index (Phi) is 4.65. The fourth-order valence-electron chi connectivity index (χ4n) is 1.52. The molecule has 0 saturated carbocycles. The van der Waals surface area contributed by atoms with Gasteiger partial charge in [0.2, 0.25) is 11.7 Å². The number of carbonyl (C=O) groups excluding carboxylic acids is 1. The highest BCUT2D eigenvalue weighted by molar-refractivity contribution is 6.30. The smallest absolute Gasteiger partial charge is 0.243 e. The maximum absolute atomic E-state index is 11.6. The Hall–Kier alpha value is -1.99. The van der Waals surface area contributed by atoms with Crippen LogP contribution < -0.4 is 5.32 Å². The Labute approximate surface area is 120 Å². The van der Waals surface area contributed by atoms with Crippen molar-refractivity contribution < 1.29 is 9.90 Å². The van der Waals surface area contributed by atoms with Crippen LogP contribution in [0, 0.1) is 0 Å². The standard InChI is InChI=1S/C12H14ClN5O2/c1-8(7-19)14-11(20)6-18-16-12(15-17-18)9-2-4-10(13)5-3-9/h2-5,8,19H,6-7H2,1H3,(H,14,20). The molecule has 0 aliphatic heterocycles. The van der Waals surface area contributed by atoms with Crippen LogP contribution in [-0.2, 0) is 11.3 Å². The number of tetrazole rings is 1. The van der Waals surface area contributed by atoms with Gasteiger partial charge in [0, 0.05) is 16.6 Å². The summed E-state index contributed by atoms with van der Waals surface area (Å²) in [6.45, 7) is 1.53. The minimum absolute atomic E-state index is 0.0507. The van der Waals surface area contributed by atoms with E-state index >= 15 is 0 Å². The minimum Gasteiger partial charge on any atom is -0.394 e. The second-order valence-electron chi connectivity index (χ2n) is 4.30. The average molecular weight is 296 g/mol. The maximum atomic E-state index is 11.6. The van der Waals surface area contributed by atoms with Gasteiger partial charge in [0.25, 0.3) is 0 Å². The van der Waals surface area contributed by atoms with E-state index in [-0.39, 0.29) is 25.1 Å². The molecule has 1 aromatic carbocycles. The lowest BCUT2D eigenvalue weighted by atomic mass is 10.2. The van der Waals surface area contributed by atoms with Gasteiger partial charge in [-0.25, -0.2) is 0 Å². The van der Waals surface area contributed by atoms with Crippen molar-refractivity contribution in [2.24, 2.45) is 0 Å². The first-order valence-electron chi connectivity index (χ1n) is 6.02. The number of nitrogens with one attached hydrogen (secondary N) is 1. The Bertz CT molecular complexity index is 584. The normalized spacial score (nSPS) is 12.2. The molecule has 0 fully saturated rings. The number of aromatic nitrogens is 4. The molecule has 8 heteroatoms. The van der Waals surface area contributed by atoms with Crippen LogP contribution >= 0.6 is 11.6 Å². The third-order valence-electron chi connectivity index (χ3n) is 2.52. The van der Waals surface area contributed by atoms with Crippen LogP contribution in [0.4, 0.5) is 0 Å². The Morgan fingerprint density at radius 1 is 1.45 bits per heavy atom. The number of carbonyl (C=O) groups is 1. The van der Waals surface area contributed by atoms with Gasteiger partial charge in [-0.15, -0.1) is 10.2 Å². The third kappa shape index (κ3) is 3.75. The number of aliphatic hydroxyl groups is 1. The zero-order valence-electron chi connectivity index (χ0n) is 10.8. The summed E-state index contributed by atoms with van der Waals surface area (Å²) in [6, 6.07) is 6.71. The van der Waals surface area contributed by atoms with Crippen LogP contribution in [0.5, 0.6) is 0 Å². The van der Waals surface area contributed by atoms with Crippen molar-refractivity contribution in [1.82, 2.24) is 25.5 Å². The highest BCUT2D eigenvalue weighted by atomic mass is 35.5. The zero-order chi connectivity index (χ0) is 14.5. The number of halogens is 1. The minimum atomic E-state index is -0.304. The van der Waals surface area contributed by atoms with Gasteiger partial charge in [-0.05, 0) is 36.4 Å². The molecule has 0 radical (unpaired) electrons. The molecule has 2 rings (SSSR count). The number of nitrogens with zero attached hydrogens (tertiary/aromatic N) is 4. The molecule has 1 heterocycles. The molecule has 1 aromatic heterocycles. The molecule has 1 atom stereocenters. The summed E-state index contributed by atoms with van der Waals surface area (Å²) in [5.41, 5.74) is 0.768. The largest absolute Gasteiger partial charge is 0.394 e. The van der Waals surface area contributed by atoms with Crippen molar-refractivity contribution >= 4 is 17.5 Å². The predicted molar refractivity (Wildman–Crippen MR) is 73.0 cm³/mol. The van der Waals surface area contributed by atoms with E-state index in [1.807, 2.05) is 0 Å². The van der Waals surface area contributed by atoms with Crippen molar-refractivity contribution in [2.75, 3.05) is 6.61 Å². The van der Waals surface area contributed by atoms with Gasteiger partial charge in [-0.3, -0.25) is 4.79 Å². The van der Waals surface area contributed by atoms with E-state index in [0.29, 0.717) is 10.8 Å². The summed E-state index contributed by atoms with van der Waals surface area (Å²) in [4.78, 5) is 12.8. The Morgan fingerprint density at radius 3 is 2.80 bits per heavy atom. The fourth-order valence-corrected chi connectivity index (χ4v) is 1.65. The molecule has 2 N–H and O–H groups in total. The molecule has 7 nitrogen and oxygen atoms in total. The number of hydrogen-bond acceptors (Lipinski definition) is 5. The van der Waals surface area contributed by atoms with Gasteiger partial charge in [-0.1, -0.05) is 11.6 Å². The first-order valence-corrected chi connectivity index (χ1v) is 6.40. The number of rotatable bonds is 5. The third-order valence-corrected chi connectivity index (χ3v) is 2.77. The van der Waals surface area contributed by atoms with Crippen LogP contribution in [0.2, 0.25) is 5.02 Å². The van der Waals surface area contributed by atoms with Gasteiger partial charge in [0.1, 0.15) is 6.54 Å². The highest BCUT2D eigenvalue weighted by Crippen LogP contribution is 2.16. The van der Waals surface area contributed by atoms with E-state index in [0.717, 1.165) is 5.56 Å². The summed E-state index contributed by atoms with van der Waals surface area (Å²) in [5.74, 6) is 0.135. The summed E-state index contributed by atoms with van der Waals surface area (Å²) in [5, 5.41) is 23.9. The summed E-state index contributed by atoms with van der Waals surface area (Å²) in [7, 11) is 0. The molecule has 1 unspecified atom stereocenters. The Morgan fingerprint density at radius 2 is 2.15 bits per heavy atom. The van der Waals surface area contributed by atoms with Gasteiger partial charge < -0.3 is 10.4 Å². The molecule has 0 aliphatic rings. The predicted octanol–water partition coefficient (Wildman–Crippen LogP) is 0.491. The van der Waals surface area contributed by atoms with Crippen molar-refractivity contribution in [3.63, 3.8) is 0 Å². The lowest BCUT2D eigenvalue weighted by Crippen LogP contribution is -2.37. The van der Waals surface area contributed by atoms with Crippen molar-refractivity contribution in [3.05, 3.63) is 29.3 Å². The van der Waals surface area contributed by atoms with Gasteiger partial charge in [0.15, 0.2) is 0 Å². The van der Waals surface area contributed by atoms with Crippen molar-refractivity contribution in [3.8, 4) is 11.4 Å². The van der Waals surface area contributed by atoms with Crippen LogP contribution in [0.15, 0.2) is 24.3 Å².